The molecule has 7 heteroatoms. The van der Waals surface area contributed by atoms with Crippen LogP contribution in [0.25, 0.3) is 0 Å². The Morgan fingerprint density at radius 3 is 2.59 bits per heavy atom. The SMILES string of the molecule is O=C(N[C@@H](CO)C(=O)NCc1ccccc1)c1cnccn1. The van der Waals surface area contributed by atoms with Crippen LogP contribution in [0.3, 0.4) is 0 Å². The lowest BCUT2D eigenvalue weighted by Crippen LogP contribution is -2.48. The summed E-state index contributed by atoms with van der Waals surface area (Å²) in [5, 5.41) is 14.4. The number of carbonyl (C=O) groups is 2. The summed E-state index contributed by atoms with van der Waals surface area (Å²) in [6.07, 6.45) is 4.09. The standard InChI is InChI=1S/C15H16N4O3/c20-10-13(19-15(22)12-9-16-6-7-17-12)14(21)18-8-11-4-2-1-3-5-11/h1-7,9,13,20H,8,10H2,(H,18,21)(H,19,22)/t13-/m0/s1. The molecule has 1 aromatic heterocycles. The van der Waals surface area contributed by atoms with Gasteiger partial charge < -0.3 is 15.7 Å². The van der Waals surface area contributed by atoms with Gasteiger partial charge in [-0.05, 0) is 5.56 Å². The first-order valence-electron chi connectivity index (χ1n) is 6.70. The van der Waals surface area contributed by atoms with Crippen LogP contribution in [0.15, 0.2) is 48.9 Å². The van der Waals surface area contributed by atoms with Crippen molar-refractivity contribution < 1.29 is 14.7 Å². The number of aromatic nitrogens is 2. The Bertz CT molecular complexity index is 619. The normalized spacial score (nSPS) is 11.5. The van der Waals surface area contributed by atoms with Crippen molar-refractivity contribution in [3.63, 3.8) is 0 Å². The third kappa shape index (κ3) is 4.35. The molecule has 2 amide bonds. The van der Waals surface area contributed by atoms with Gasteiger partial charge in [-0.3, -0.25) is 14.6 Å². The van der Waals surface area contributed by atoms with E-state index in [9.17, 15) is 14.7 Å². The van der Waals surface area contributed by atoms with Crippen molar-refractivity contribution in [2.45, 2.75) is 12.6 Å². The minimum absolute atomic E-state index is 0.0804. The van der Waals surface area contributed by atoms with Gasteiger partial charge in [-0.15, -0.1) is 0 Å². The maximum absolute atomic E-state index is 12.0. The number of nitrogens with one attached hydrogen (secondary N) is 2. The lowest BCUT2D eigenvalue weighted by Gasteiger charge is -2.15. The summed E-state index contributed by atoms with van der Waals surface area (Å²) in [6.45, 7) is -0.191. The van der Waals surface area contributed by atoms with Crippen molar-refractivity contribution in [1.29, 1.82) is 0 Å². The van der Waals surface area contributed by atoms with Gasteiger partial charge in [0, 0.05) is 18.9 Å². The van der Waals surface area contributed by atoms with E-state index in [1.165, 1.54) is 18.6 Å². The lowest BCUT2D eigenvalue weighted by molar-refractivity contribution is -0.124. The number of aliphatic hydroxyl groups is 1. The molecule has 0 spiro atoms. The summed E-state index contributed by atoms with van der Waals surface area (Å²) in [5.74, 6) is -1.04. The van der Waals surface area contributed by atoms with E-state index < -0.39 is 24.5 Å². The van der Waals surface area contributed by atoms with E-state index in [0.29, 0.717) is 6.54 Å². The molecule has 0 unspecified atom stereocenters. The van der Waals surface area contributed by atoms with Crippen molar-refractivity contribution in [3.05, 3.63) is 60.2 Å². The monoisotopic (exact) mass is 300 g/mol. The second-order valence-electron chi connectivity index (χ2n) is 4.50. The zero-order chi connectivity index (χ0) is 15.8. The Kier molecular flexibility index (Phi) is 5.56. The number of hydrogen-bond acceptors (Lipinski definition) is 5. The van der Waals surface area contributed by atoms with Crippen LogP contribution in [0.4, 0.5) is 0 Å². The van der Waals surface area contributed by atoms with E-state index in [4.69, 9.17) is 0 Å². The first-order valence-corrected chi connectivity index (χ1v) is 6.70. The molecule has 7 nitrogen and oxygen atoms in total. The van der Waals surface area contributed by atoms with E-state index in [0.717, 1.165) is 5.56 Å². The van der Waals surface area contributed by atoms with Crippen LogP contribution < -0.4 is 10.6 Å². The molecule has 114 valence electrons. The average molecular weight is 300 g/mol. The summed E-state index contributed by atoms with van der Waals surface area (Å²) >= 11 is 0. The Balaban J connectivity index is 1.90. The molecule has 3 N–H and O–H groups in total. The van der Waals surface area contributed by atoms with E-state index >= 15 is 0 Å². The highest BCUT2D eigenvalue weighted by Gasteiger charge is 2.20. The topological polar surface area (TPSA) is 104 Å². The van der Waals surface area contributed by atoms with Gasteiger partial charge in [0.15, 0.2) is 0 Å². The maximum Gasteiger partial charge on any atom is 0.272 e. The molecule has 0 aliphatic rings. The molecule has 22 heavy (non-hydrogen) atoms. The molecule has 0 saturated heterocycles. The first-order chi connectivity index (χ1) is 10.7. The molecular weight excluding hydrogens is 284 g/mol. The third-order valence-electron chi connectivity index (χ3n) is 2.91. The molecule has 0 radical (unpaired) electrons. The molecule has 0 saturated carbocycles. The highest BCUT2D eigenvalue weighted by molar-refractivity contribution is 5.95. The third-order valence-corrected chi connectivity index (χ3v) is 2.91. The van der Waals surface area contributed by atoms with Gasteiger partial charge in [-0.25, -0.2) is 4.98 Å². The zero-order valence-corrected chi connectivity index (χ0v) is 11.8. The number of hydrogen-bond donors (Lipinski definition) is 3. The fourth-order valence-electron chi connectivity index (χ4n) is 1.75. The molecule has 0 fully saturated rings. The number of nitrogens with zero attached hydrogens (tertiary/aromatic N) is 2. The summed E-state index contributed by atoms with van der Waals surface area (Å²) in [7, 11) is 0. The van der Waals surface area contributed by atoms with Crippen LogP contribution in [-0.4, -0.2) is 39.5 Å². The van der Waals surface area contributed by atoms with E-state index in [2.05, 4.69) is 20.6 Å². The Labute approximate surface area is 127 Å². The van der Waals surface area contributed by atoms with E-state index in [1.54, 1.807) is 0 Å². The number of rotatable bonds is 6. The average Bonchev–Trinajstić information content (AvgIpc) is 2.59. The largest absolute Gasteiger partial charge is 0.394 e. The second kappa shape index (κ2) is 7.84. The maximum atomic E-state index is 12.0. The van der Waals surface area contributed by atoms with Gasteiger partial charge in [0.25, 0.3) is 5.91 Å². The van der Waals surface area contributed by atoms with E-state index in [-0.39, 0.29) is 5.69 Å². The Morgan fingerprint density at radius 2 is 1.95 bits per heavy atom. The number of amides is 2. The summed E-state index contributed by atoms with van der Waals surface area (Å²) in [6, 6.07) is 8.29. The number of benzene rings is 1. The van der Waals surface area contributed by atoms with Crippen molar-refractivity contribution >= 4 is 11.8 Å². The summed E-state index contributed by atoms with van der Waals surface area (Å²) < 4.78 is 0. The minimum atomic E-state index is -1.04. The predicted octanol–water partition coefficient (Wildman–Crippen LogP) is -0.116. The number of aliphatic hydroxyl groups excluding tert-OH is 1. The van der Waals surface area contributed by atoms with Crippen LogP contribution in [0.2, 0.25) is 0 Å². The van der Waals surface area contributed by atoms with Crippen LogP contribution in [0, 0.1) is 0 Å². The van der Waals surface area contributed by atoms with Crippen LogP contribution in [0.1, 0.15) is 16.1 Å². The molecule has 2 aromatic rings. The summed E-state index contributed by atoms with van der Waals surface area (Å²) in [5.41, 5.74) is 1.00. The Morgan fingerprint density at radius 1 is 1.18 bits per heavy atom. The predicted molar refractivity (Wildman–Crippen MR) is 78.7 cm³/mol. The lowest BCUT2D eigenvalue weighted by atomic mass is 10.2. The minimum Gasteiger partial charge on any atom is -0.394 e. The van der Waals surface area contributed by atoms with Gasteiger partial charge in [0.05, 0.1) is 12.8 Å². The molecule has 0 aliphatic heterocycles. The highest BCUT2D eigenvalue weighted by atomic mass is 16.3. The first kappa shape index (κ1) is 15.6. The van der Waals surface area contributed by atoms with Crippen LogP contribution >= 0.6 is 0 Å². The van der Waals surface area contributed by atoms with Crippen LogP contribution in [0.5, 0.6) is 0 Å². The fourth-order valence-corrected chi connectivity index (χ4v) is 1.75. The van der Waals surface area contributed by atoms with Gasteiger partial charge >= 0.3 is 0 Å². The van der Waals surface area contributed by atoms with Gasteiger partial charge in [0.2, 0.25) is 5.91 Å². The fraction of sp³-hybridized carbons (Fsp3) is 0.200. The van der Waals surface area contributed by atoms with E-state index in [1.807, 2.05) is 30.3 Å². The molecule has 0 aliphatic carbocycles. The zero-order valence-electron chi connectivity index (χ0n) is 11.8. The molecule has 1 atom stereocenters. The molecule has 1 heterocycles. The second-order valence-corrected chi connectivity index (χ2v) is 4.50. The number of carbonyl (C=O) groups excluding carboxylic acids is 2. The van der Waals surface area contributed by atoms with Crippen molar-refractivity contribution in [2.75, 3.05) is 6.61 Å². The smallest absolute Gasteiger partial charge is 0.272 e. The van der Waals surface area contributed by atoms with Crippen molar-refractivity contribution in [3.8, 4) is 0 Å². The molecule has 1 aromatic carbocycles. The van der Waals surface area contributed by atoms with Gasteiger partial charge in [0.1, 0.15) is 11.7 Å². The van der Waals surface area contributed by atoms with Crippen molar-refractivity contribution in [1.82, 2.24) is 20.6 Å². The quantitative estimate of drug-likeness (QED) is 0.690. The molecule has 2 rings (SSSR count). The molecule has 0 bridgehead atoms. The highest BCUT2D eigenvalue weighted by Crippen LogP contribution is 1.98. The van der Waals surface area contributed by atoms with Gasteiger partial charge in [-0.2, -0.15) is 0 Å². The summed E-state index contributed by atoms with van der Waals surface area (Å²) in [4.78, 5) is 31.5. The van der Waals surface area contributed by atoms with Crippen LogP contribution in [-0.2, 0) is 11.3 Å². The van der Waals surface area contributed by atoms with Crippen molar-refractivity contribution in [2.24, 2.45) is 0 Å². The molecular formula is C15H16N4O3. The Hall–Kier alpha value is -2.80. The van der Waals surface area contributed by atoms with Gasteiger partial charge in [-0.1, -0.05) is 30.3 Å².